The van der Waals surface area contributed by atoms with Gasteiger partial charge < -0.3 is 4.90 Å². The first kappa shape index (κ1) is 10.4. The average Bonchev–Trinajstić information content (AvgIpc) is 3.02. The number of hydrogen-bond donors (Lipinski definition) is 0. The van der Waals surface area contributed by atoms with E-state index in [1.165, 1.54) is 30.2 Å². The molecule has 88 valence electrons. The third kappa shape index (κ3) is 2.05. The van der Waals surface area contributed by atoms with Gasteiger partial charge in [0.05, 0.1) is 0 Å². The molecule has 0 amide bonds. The lowest BCUT2D eigenvalue weighted by atomic mass is 10.6. The van der Waals surface area contributed by atoms with E-state index in [1.54, 1.807) is 0 Å². The number of aromatic nitrogens is 6. The second kappa shape index (κ2) is 3.92. The third-order valence-electron chi connectivity index (χ3n) is 2.62. The summed E-state index contributed by atoms with van der Waals surface area (Å²) in [4.78, 5) is 18.3. The lowest BCUT2D eigenvalue weighted by Gasteiger charge is -2.16. The molecule has 0 aromatic carbocycles. The Bertz CT molecular complexity index is 522. The highest BCUT2D eigenvalue weighted by Crippen LogP contribution is 2.28. The number of nitrogens with zero attached hydrogens (tertiary/aromatic N) is 7. The Morgan fingerprint density at radius 2 is 2.18 bits per heavy atom. The van der Waals surface area contributed by atoms with Gasteiger partial charge in [-0.3, -0.25) is 0 Å². The molecule has 2 aromatic heterocycles. The van der Waals surface area contributed by atoms with Gasteiger partial charge in [-0.1, -0.05) is 0 Å². The highest BCUT2D eigenvalue weighted by atomic mass is 35.5. The molecule has 0 radical (unpaired) electrons. The molecule has 8 heteroatoms. The fraction of sp³-hybridized carbons (Fsp3) is 0.444. The molecule has 0 bridgehead atoms. The van der Waals surface area contributed by atoms with E-state index in [4.69, 9.17) is 11.6 Å². The largest absolute Gasteiger partial charge is 0.341 e. The molecular weight excluding hydrogens is 242 g/mol. The summed E-state index contributed by atoms with van der Waals surface area (Å²) in [5.74, 6) is 0.947. The summed E-state index contributed by atoms with van der Waals surface area (Å²) in [5, 5.41) is 4.12. The highest BCUT2D eigenvalue weighted by molar-refractivity contribution is 6.28. The van der Waals surface area contributed by atoms with Gasteiger partial charge in [-0.25, -0.2) is 4.98 Å². The Hall–Kier alpha value is -1.76. The molecule has 1 saturated carbocycles. The second-order valence-corrected chi connectivity index (χ2v) is 4.22. The summed E-state index contributed by atoms with van der Waals surface area (Å²) >= 11 is 5.89. The van der Waals surface area contributed by atoms with Gasteiger partial charge in [0.25, 0.3) is 5.95 Å². The van der Waals surface area contributed by atoms with Crippen LogP contribution in [0.5, 0.6) is 0 Å². The van der Waals surface area contributed by atoms with E-state index in [2.05, 4.69) is 25.0 Å². The van der Waals surface area contributed by atoms with Gasteiger partial charge in [0.1, 0.15) is 12.7 Å². The van der Waals surface area contributed by atoms with Crippen LogP contribution in [0.4, 0.5) is 5.95 Å². The van der Waals surface area contributed by atoms with Crippen molar-refractivity contribution in [2.24, 2.45) is 0 Å². The van der Waals surface area contributed by atoms with Crippen molar-refractivity contribution < 1.29 is 0 Å². The van der Waals surface area contributed by atoms with Gasteiger partial charge in [-0.15, -0.1) is 0 Å². The highest BCUT2D eigenvalue weighted by Gasteiger charge is 2.28. The molecule has 2 aromatic rings. The van der Waals surface area contributed by atoms with Crippen LogP contribution in [0, 0.1) is 0 Å². The smallest absolute Gasteiger partial charge is 0.258 e. The minimum Gasteiger partial charge on any atom is -0.341 e. The van der Waals surface area contributed by atoms with E-state index in [1.807, 2.05) is 11.9 Å². The molecule has 1 aliphatic carbocycles. The number of rotatable bonds is 3. The minimum absolute atomic E-state index is 0.160. The molecule has 0 unspecified atom stereocenters. The molecule has 0 spiro atoms. The standard InChI is InChI=1S/C9H10ClN7/c1-16(6-2-3-6)8-13-7(10)14-9(15-8)17-5-11-4-12-17/h4-6H,2-3H2,1H3. The average molecular weight is 252 g/mol. The van der Waals surface area contributed by atoms with Crippen molar-refractivity contribution in [1.29, 1.82) is 0 Å². The molecule has 1 aliphatic rings. The molecule has 0 N–H and O–H groups in total. The summed E-state index contributed by atoms with van der Waals surface area (Å²) in [6, 6.07) is 0.511. The summed E-state index contributed by atoms with van der Waals surface area (Å²) < 4.78 is 1.46. The van der Waals surface area contributed by atoms with E-state index in [0.717, 1.165) is 0 Å². The normalized spacial score (nSPS) is 14.9. The van der Waals surface area contributed by atoms with Crippen LogP contribution >= 0.6 is 11.6 Å². The second-order valence-electron chi connectivity index (χ2n) is 3.89. The zero-order chi connectivity index (χ0) is 11.8. The first-order chi connectivity index (χ1) is 8.24. The lowest BCUT2D eigenvalue weighted by Crippen LogP contribution is -2.23. The molecule has 0 saturated heterocycles. The van der Waals surface area contributed by atoms with Gasteiger partial charge in [-0.05, 0) is 24.4 Å². The van der Waals surface area contributed by atoms with Crippen molar-refractivity contribution in [1.82, 2.24) is 29.7 Å². The molecule has 17 heavy (non-hydrogen) atoms. The number of halogens is 1. The summed E-state index contributed by atoms with van der Waals surface area (Å²) in [7, 11) is 1.95. The molecular formula is C9H10ClN7. The predicted molar refractivity (Wildman–Crippen MR) is 61.2 cm³/mol. The van der Waals surface area contributed by atoms with Crippen LogP contribution in [0.15, 0.2) is 12.7 Å². The quantitative estimate of drug-likeness (QED) is 0.800. The van der Waals surface area contributed by atoms with Crippen molar-refractivity contribution in [2.45, 2.75) is 18.9 Å². The van der Waals surface area contributed by atoms with Gasteiger partial charge in [-0.2, -0.15) is 24.7 Å². The molecule has 0 atom stereocenters. The maximum Gasteiger partial charge on any atom is 0.258 e. The zero-order valence-electron chi connectivity index (χ0n) is 9.15. The zero-order valence-corrected chi connectivity index (χ0v) is 9.91. The SMILES string of the molecule is CN(c1nc(Cl)nc(-n2cncn2)n1)C1CC1. The fourth-order valence-corrected chi connectivity index (χ4v) is 1.68. The Kier molecular flexibility index (Phi) is 2.40. The van der Waals surface area contributed by atoms with Gasteiger partial charge in [0.2, 0.25) is 11.2 Å². The van der Waals surface area contributed by atoms with E-state index >= 15 is 0 Å². The van der Waals surface area contributed by atoms with Crippen LogP contribution in [-0.2, 0) is 0 Å². The minimum atomic E-state index is 0.160. The first-order valence-electron chi connectivity index (χ1n) is 5.23. The van der Waals surface area contributed by atoms with Crippen LogP contribution in [0.1, 0.15) is 12.8 Å². The van der Waals surface area contributed by atoms with Crippen LogP contribution in [0.25, 0.3) is 5.95 Å². The molecule has 1 fully saturated rings. The summed E-state index contributed by atoms with van der Waals surface area (Å²) in [6.07, 6.45) is 5.27. The number of anilines is 1. The number of hydrogen-bond acceptors (Lipinski definition) is 6. The van der Waals surface area contributed by atoms with Gasteiger partial charge in [0.15, 0.2) is 0 Å². The molecule has 7 nitrogen and oxygen atoms in total. The summed E-state index contributed by atoms with van der Waals surface area (Å²) in [6.45, 7) is 0. The molecule has 3 rings (SSSR count). The van der Waals surface area contributed by atoms with Gasteiger partial charge >= 0.3 is 0 Å². The van der Waals surface area contributed by atoms with E-state index in [9.17, 15) is 0 Å². The predicted octanol–water partition coefficient (Wildman–Crippen LogP) is 0.704. The maximum atomic E-state index is 5.89. The monoisotopic (exact) mass is 251 g/mol. The fourth-order valence-electron chi connectivity index (χ4n) is 1.53. The lowest BCUT2D eigenvalue weighted by molar-refractivity contribution is 0.771. The van der Waals surface area contributed by atoms with Crippen LogP contribution in [0.3, 0.4) is 0 Å². The Morgan fingerprint density at radius 3 is 2.82 bits per heavy atom. The van der Waals surface area contributed by atoms with E-state index in [0.29, 0.717) is 17.9 Å². The van der Waals surface area contributed by atoms with Crippen LogP contribution in [-0.4, -0.2) is 42.8 Å². The maximum absolute atomic E-state index is 5.89. The van der Waals surface area contributed by atoms with Crippen molar-refractivity contribution in [3.8, 4) is 5.95 Å². The Balaban J connectivity index is 2.00. The first-order valence-corrected chi connectivity index (χ1v) is 5.61. The van der Waals surface area contributed by atoms with E-state index in [-0.39, 0.29) is 5.28 Å². The molecule has 2 heterocycles. The van der Waals surface area contributed by atoms with Crippen LogP contribution < -0.4 is 4.90 Å². The van der Waals surface area contributed by atoms with Crippen molar-refractivity contribution in [3.63, 3.8) is 0 Å². The van der Waals surface area contributed by atoms with Crippen molar-refractivity contribution in [3.05, 3.63) is 17.9 Å². The third-order valence-corrected chi connectivity index (χ3v) is 2.79. The van der Waals surface area contributed by atoms with E-state index < -0.39 is 0 Å². The van der Waals surface area contributed by atoms with Gasteiger partial charge in [0, 0.05) is 13.1 Å². The van der Waals surface area contributed by atoms with Crippen molar-refractivity contribution >= 4 is 17.5 Å². The molecule has 0 aliphatic heterocycles. The Morgan fingerprint density at radius 1 is 1.35 bits per heavy atom. The van der Waals surface area contributed by atoms with Crippen molar-refractivity contribution in [2.75, 3.05) is 11.9 Å². The van der Waals surface area contributed by atoms with Crippen LogP contribution in [0.2, 0.25) is 5.28 Å². The topological polar surface area (TPSA) is 72.6 Å². The Labute approximate surface area is 102 Å². The summed E-state index contributed by atoms with van der Waals surface area (Å²) in [5.41, 5.74) is 0.